The van der Waals surface area contributed by atoms with E-state index in [1.165, 1.54) is 0 Å². The number of esters is 1. The molecular weight excluding hydrogens is 449 g/mol. The van der Waals surface area contributed by atoms with Crippen LogP contribution in [0.1, 0.15) is 37.7 Å². The van der Waals surface area contributed by atoms with Crippen molar-refractivity contribution in [2.24, 2.45) is 0 Å². The Morgan fingerprint density at radius 1 is 1.06 bits per heavy atom. The van der Waals surface area contributed by atoms with Gasteiger partial charge >= 0.3 is 5.97 Å². The van der Waals surface area contributed by atoms with E-state index in [0.29, 0.717) is 39.1 Å². The van der Waals surface area contributed by atoms with E-state index in [0.717, 1.165) is 24.1 Å². The minimum Gasteiger partial charge on any atom is -0.490 e. The summed E-state index contributed by atoms with van der Waals surface area (Å²) in [6.45, 7) is 2.13. The molecule has 1 aliphatic carbocycles. The smallest absolute Gasteiger partial charge is 0.336 e. The van der Waals surface area contributed by atoms with Crippen LogP contribution >= 0.6 is 23.2 Å². The lowest BCUT2D eigenvalue weighted by molar-refractivity contribution is -0.140. The van der Waals surface area contributed by atoms with Gasteiger partial charge in [0, 0.05) is 29.3 Å². The zero-order valence-electron chi connectivity index (χ0n) is 17.6. The molecular formula is C25H23Cl2NO4. The van der Waals surface area contributed by atoms with Gasteiger partial charge in [-0.15, -0.1) is 0 Å². The van der Waals surface area contributed by atoms with Crippen LogP contribution in [0.2, 0.25) is 10.0 Å². The largest absolute Gasteiger partial charge is 0.490 e. The number of ketones is 1. The van der Waals surface area contributed by atoms with Gasteiger partial charge in [0.2, 0.25) is 0 Å². The number of carbonyl (C=O) groups excluding carboxylic acids is 2. The molecule has 0 fully saturated rings. The molecule has 2 aromatic rings. The fourth-order valence-corrected chi connectivity index (χ4v) is 4.47. The molecule has 2 aromatic carbocycles. The highest BCUT2D eigenvalue weighted by atomic mass is 35.5. The van der Waals surface area contributed by atoms with Crippen LogP contribution in [0.5, 0.6) is 5.75 Å². The van der Waals surface area contributed by atoms with Crippen LogP contribution in [-0.2, 0) is 14.3 Å². The second-order valence-electron chi connectivity index (χ2n) is 7.74. The summed E-state index contributed by atoms with van der Waals surface area (Å²) in [5.74, 6) is -0.321. The monoisotopic (exact) mass is 471 g/mol. The molecule has 0 aromatic heterocycles. The molecule has 0 saturated heterocycles. The number of hydrogen-bond donors (Lipinski definition) is 1. The molecule has 0 saturated carbocycles. The Hall–Kier alpha value is -2.76. The van der Waals surface area contributed by atoms with E-state index in [2.05, 4.69) is 5.32 Å². The van der Waals surface area contributed by atoms with Gasteiger partial charge < -0.3 is 14.8 Å². The van der Waals surface area contributed by atoms with E-state index in [1.807, 2.05) is 37.3 Å². The minimum atomic E-state index is -0.559. The van der Waals surface area contributed by atoms with Gasteiger partial charge in [0.25, 0.3) is 0 Å². The zero-order valence-corrected chi connectivity index (χ0v) is 19.1. The summed E-state index contributed by atoms with van der Waals surface area (Å²) in [5, 5.41) is 4.05. The first-order valence-corrected chi connectivity index (χ1v) is 11.2. The number of benzene rings is 2. The second kappa shape index (κ2) is 9.80. The number of para-hydroxylation sites is 1. The van der Waals surface area contributed by atoms with Gasteiger partial charge in [-0.2, -0.15) is 0 Å². The maximum atomic E-state index is 13.2. The van der Waals surface area contributed by atoms with Crippen molar-refractivity contribution in [1.29, 1.82) is 0 Å². The number of hydrogen-bond acceptors (Lipinski definition) is 5. The summed E-state index contributed by atoms with van der Waals surface area (Å²) in [6, 6.07) is 14.5. The highest BCUT2D eigenvalue weighted by Gasteiger charge is 2.39. The highest BCUT2D eigenvalue weighted by molar-refractivity contribution is 6.42. The lowest BCUT2D eigenvalue weighted by Crippen LogP contribution is -2.34. The molecule has 1 aliphatic heterocycles. The van der Waals surface area contributed by atoms with Crippen LogP contribution in [0, 0.1) is 0 Å². The number of rotatable bonds is 6. The van der Waals surface area contributed by atoms with Crippen molar-refractivity contribution >= 4 is 35.0 Å². The van der Waals surface area contributed by atoms with E-state index in [-0.39, 0.29) is 19.0 Å². The zero-order chi connectivity index (χ0) is 22.7. The highest BCUT2D eigenvalue weighted by Crippen LogP contribution is 2.43. The number of halogens is 2. The molecule has 1 heterocycles. The third-order valence-electron chi connectivity index (χ3n) is 5.60. The SMILES string of the molecule is CC1=C(C(=O)OCCOc2ccccc2)[C@H](c2ccc(Cl)c(Cl)c2)C2=C(CCCC2=O)N1. The molecule has 32 heavy (non-hydrogen) atoms. The fourth-order valence-electron chi connectivity index (χ4n) is 4.17. The summed E-state index contributed by atoms with van der Waals surface area (Å²) in [6.07, 6.45) is 1.98. The molecule has 1 N–H and O–H groups in total. The summed E-state index contributed by atoms with van der Waals surface area (Å²) < 4.78 is 11.1. The van der Waals surface area contributed by atoms with E-state index >= 15 is 0 Å². The van der Waals surface area contributed by atoms with Crippen LogP contribution in [0.4, 0.5) is 0 Å². The van der Waals surface area contributed by atoms with Crippen molar-refractivity contribution in [3.8, 4) is 5.75 Å². The van der Waals surface area contributed by atoms with Crippen molar-refractivity contribution < 1.29 is 19.1 Å². The van der Waals surface area contributed by atoms with Crippen LogP contribution in [0.15, 0.2) is 71.1 Å². The van der Waals surface area contributed by atoms with Crippen LogP contribution in [0.3, 0.4) is 0 Å². The first-order valence-electron chi connectivity index (χ1n) is 10.5. The lowest BCUT2D eigenvalue weighted by atomic mass is 9.75. The Labute approximate surface area is 197 Å². The third-order valence-corrected chi connectivity index (χ3v) is 6.34. The average molecular weight is 472 g/mol. The van der Waals surface area contributed by atoms with Gasteiger partial charge in [-0.1, -0.05) is 47.5 Å². The molecule has 0 unspecified atom stereocenters. The number of Topliss-reactive ketones (excluding diaryl/α,β-unsaturated/α-hetero) is 1. The van der Waals surface area contributed by atoms with Crippen molar-refractivity contribution in [3.63, 3.8) is 0 Å². The van der Waals surface area contributed by atoms with Crippen LogP contribution < -0.4 is 10.1 Å². The standard InChI is InChI=1S/C25H23Cl2NO4/c1-15-22(25(30)32-13-12-31-17-6-3-2-4-7-17)23(16-10-11-18(26)19(27)14-16)24-20(28-15)8-5-9-21(24)29/h2-4,6-7,10-11,14,23,28H,5,8-9,12-13H2,1H3/t23-/m0/s1. The Bertz CT molecular complexity index is 1110. The van der Waals surface area contributed by atoms with Crippen molar-refractivity contribution in [2.75, 3.05) is 13.2 Å². The number of ether oxygens (including phenoxy) is 2. The number of allylic oxidation sites excluding steroid dienone is 3. The van der Waals surface area contributed by atoms with Crippen molar-refractivity contribution in [1.82, 2.24) is 5.32 Å². The Morgan fingerprint density at radius 2 is 1.84 bits per heavy atom. The average Bonchev–Trinajstić information content (AvgIpc) is 2.78. The van der Waals surface area contributed by atoms with Gasteiger partial charge in [0.15, 0.2) is 5.78 Å². The molecule has 0 amide bonds. The van der Waals surface area contributed by atoms with E-state index in [9.17, 15) is 9.59 Å². The quantitative estimate of drug-likeness (QED) is 0.439. The maximum absolute atomic E-state index is 13.2. The molecule has 2 aliphatic rings. The predicted octanol–water partition coefficient (Wildman–Crippen LogP) is 5.58. The summed E-state index contributed by atoms with van der Waals surface area (Å²) >= 11 is 12.4. The number of carbonyl (C=O) groups is 2. The van der Waals surface area contributed by atoms with Crippen LogP contribution in [0.25, 0.3) is 0 Å². The number of dihydropyridines is 1. The Balaban J connectivity index is 1.58. The lowest BCUT2D eigenvalue weighted by Gasteiger charge is -2.34. The summed E-state index contributed by atoms with van der Waals surface area (Å²) in [4.78, 5) is 26.1. The van der Waals surface area contributed by atoms with Gasteiger partial charge in [-0.25, -0.2) is 4.79 Å². The van der Waals surface area contributed by atoms with E-state index in [4.69, 9.17) is 32.7 Å². The van der Waals surface area contributed by atoms with Gasteiger partial charge in [-0.05, 0) is 49.6 Å². The molecule has 0 spiro atoms. The maximum Gasteiger partial charge on any atom is 0.336 e. The van der Waals surface area contributed by atoms with E-state index < -0.39 is 11.9 Å². The first-order chi connectivity index (χ1) is 15.5. The van der Waals surface area contributed by atoms with Gasteiger partial charge in [0.05, 0.1) is 15.6 Å². The minimum absolute atomic E-state index is 0.0278. The second-order valence-corrected chi connectivity index (χ2v) is 8.55. The van der Waals surface area contributed by atoms with Gasteiger partial charge in [-0.3, -0.25) is 4.79 Å². The Morgan fingerprint density at radius 3 is 2.59 bits per heavy atom. The normalized spacial score (nSPS) is 18.2. The summed E-state index contributed by atoms with van der Waals surface area (Å²) in [5.41, 5.74) is 3.27. The number of nitrogens with one attached hydrogen (secondary N) is 1. The third kappa shape index (κ3) is 4.69. The molecule has 166 valence electrons. The molecule has 7 heteroatoms. The molecule has 0 radical (unpaired) electrons. The van der Waals surface area contributed by atoms with Crippen molar-refractivity contribution in [2.45, 2.75) is 32.1 Å². The topological polar surface area (TPSA) is 64.6 Å². The molecule has 1 atom stereocenters. The van der Waals surface area contributed by atoms with Crippen molar-refractivity contribution in [3.05, 3.63) is 86.7 Å². The molecule has 4 rings (SSSR count). The van der Waals surface area contributed by atoms with E-state index in [1.54, 1.807) is 18.2 Å². The molecule has 5 nitrogen and oxygen atoms in total. The first kappa shape index (κ1) is 22.4. The molecule has 0 bridgehead atoms. The summed E-state index contributed by atoms with van der Waals surface area (Å²) in [7, 11) is 0. The van der Waals surface area contributed by atoms with Crippen LogP contribution in [-0.4, -0.2) is 25.0 Å². The fraction of sp³-hybridized carbons (Fsp3) is 0.280. The Kier molecular flexibility index (Phi) is 6.87. The van der Waals surface area contributed by atoms with Gasteiger partial charge in [0.1, 0.15) is 19.0 Å². The predicted molar refractivity (Wildman–Crippen MR) is 124 cm³/mol.